The summed E-state index contributed by atoms with van der Waals surface area (Å²) in [5.74, 6) is 0. The number of hydrogen-bond acceptors (Lipinski definition) is 2. The molecule has 1 aliphatic rings. The predicted octanol–water partition coefficient (Wildman–Crippen LogP) is 4.14. The van der Waals surface area contributed by atoms with Gasteiger partial charge in [-0.15, -0.1) is 0 Å². The standard InChI is InChI=1S/C14H14F6O2/c1-11(2)12(13(15,16)17,14(18,19)20)10(22-11)9-5-3-8(7-21)4-6-9/h3-6,10,21H,7H2,1-2H3. The first-order chi connectivity index (χ1) is 9.88. The normalized spacial score (nSPS) is 24.0. The Kier molecular flexibility index (Phi) is 3.77. The molecule has 2 rings (SSSR count). The van der Waals surface area contributed by atoms with E-state index in [-0.39, 0.29) is 12.2 Å². The van der Waals surface area contributed by atoms with Gasteiger partial charge < -0.3 is 9.84 Å². The quantitative estimate of drug-likeness (QED) is 0.827. The van der Waals surface area contributed by atoms with Gasteiger partial charge in [0.25, 0.3) is 0 Å². The molecule has 22 heavy (non-hydrogen) atoms. The molecule has 0 radical (unpaired) electrons. The molecule has 8 heteroatoms. The van der Waals surface area contributed by atoms with Crippen molar-refractivity contribution < 1.29 is 36.2 Å². The third-order valence-corrected chi connectivity index (χ3v) is 4.11. The lowest BCUT2D eigenvalue weighted by molar-refractivity contribution is -0.486. The van der Waals surface area contributed by atoms with Crippen LogP contribution >= 0.6 is 0 Å². The highest BCUT2D eigenvalue weighted by Crippen LogP contribution is 2.71. The number of alkyl halides is 6. The SMILES string of the molecule is CC1(C)OC(c2ccc(CO)cc2)C1(C(F)(F)F)C(F)(F)F. The van der Waals surface area contributed by atoms with E-state index in [1.807, 2.05) is 0 Å². The van der Waals surface area contributed by atoms with E-state index in [9.17, 15) is 26.3 Å². The molecule has 124 valence electrons. The van der Waals surface area contributed by atoms with Crippen LogP contribution in [-0.4, -0.2) is 23.1 Å². The number of ether oxygens (including phenoxy) is 1. The van der Waals surface area contributed by atoms with Gasteiger partial charge in [-0.25, -0.2) is 0 Å². The first kappa shape index (κ1) is 17.1. The maximum absolute atomic E-state index is 13.4. The summed E-state index contributed by atoms with van der Waals surface area (Å²) in [6.45, 7) is 1.21. The number of hydrogen-bond donors (Lipinski definition) is 1. The van der Waals surface area contributed by atoms with Gasteiger partial charge in [-0.1, -0.05) is 24.3 Å². The fourth-order valence-electron chi connectivity index (χ4n) is 2.99. The fraction of sp³-hybridized carbons (Fsp3) is 0.571. The van der Waals surface area contributed by atoms with Crippen LogP contribution in [0.15, 0.2) is 24.3 Å². The van der Waals surface area contributed by atoms with Gasteiger partial charge in [-0.2, -0.15) is 26.3 Å². The van der Waals surface area contributed by atoms with Gasteiger partial charge in [0.1, 0.15) is 6.10 Å². The molecular weight excluding hydrogens is 314 g/mol. The summed E-state index contributed by atoms with van der Waals surface area (Å²) in [6, 6.07) is 4.75. The molecule has 0 aliphatic carbocycles. The maximum atomic E-state index is 13.4. The second kappa shape index (κ2) is 4.86. The summed E-state index contributed by atoms with van der Waals surface area (Å²) in [5.41, 5.74) is -6.25. The summed E-state index contributed by atoms with van der Waals surface area (Å²) in [7, 11) is 0. The Morgan fingerprint density at radius 1 is 1.00 bits per heavy atom. The first-order valence-corrected chi connectivity index (χ1v) is 6.39. The molecule has 1 fully saturated rings. The van der Waals surface area contributed by atoms with Crippen LogP contribution in [0.2, 0.25) is 0 Å². The lowest BCUT2D eigenvalue weighted by Crippen LogP contribution is -2.74. The Morgan fingerprint density at radius 3 is 1.77 bits per heavy atom. The zero-order valence-electron chi connectivity index (χ0n) is 11.7. The molecule has 0 amide bonds. The van der Waals surface area contributed by atoms with E-state index in [2.05, 4.69) is 0 Å². The van der Waals surface area contributed by atoms with E-state index in [4.69, 9.17) is 9.84 Å². The van der Waals surface area contributed by atoms with Crippen LogP contribution in [0.4, 0.5) is 26.3 Å². The second-order valence-corrected chi connectivity index (χ2v) is 5.71. The van der Waals surface area contributed by atoms with Gasteiger partial charge in [-0.3, -0.25) is 0 Å². The average molecular weight is 328 g/mol. The Bertz CT molecular complexity index is 514. The van der Waals surface area contributed by atoms with Gasteiger partial charge in [0.05, 0.1) is 12.2 Å². The monoisotopic (exact) mass is 328 g/mol. The van der Waals surface area contributed by atoms with E-state index >= 15 is 0 Å². The van der Waals surface area contributed by atoms with Crippen molar-refractivity contribution in [3.8, 4) is 0 Å². The smallest absolute Gasteiger partial charge is 0.392 e. The van der Waals surface area contributed by atoms with Gasteiger partial charge in [0.15, 0.2) is 0 Å². The summed E-state index contributed by atoms with van der Waals surface area (Å²) in [5, 5.41) is 8.89. The zero-order chi connectivity index (χ0) is 17.0. The van der Waals surface area contributed by atoms with Crippen LogP contribution < -0.4 is 0 Å². The molecule has 1 atom stereocenters. The molecule has 2 nitrogen and oxygen atoms in total. The average Bonchev–Trinajstić information content (AvgIpc) is 2.33. The summed E-state index contributed by atoms with van der Waals surface area (Å²) < 4.78 is 85.3. The molecule has 1 unspecified atom stereocenters. The van der Waals surface area contributed by atoms with E-state index in [1.165, 1.54) is 12.1 Å². The van der Waals surface area contributed by atoms with Crippen molar-refractivity contribution >= 4 is 0 Å². The molecular formula is C14H14F6O2. The van der Waals surface area contributed by atoms with Crippen molar-refractivity contribution in [3.05, 3.63) is 35.4 Å². The molecule has 0 aromatic heterocycles. The van der Waals surface area contributed by atoms with Gasteiger partial charge >= 0.3 is 12.4 Å². The van der Waals surface area contributed by atoms with Crippen molar-refractivity contribution in [2.24, 2.45) is 5.41 Å². The molecule has 1 N–H and O–H groups in total. The molecule has 0 bridgehead atoms. The largest absolute Gasteiger partial charge is 0.408 e. The van der Waals surface area contributed by atoms with Crippen LogP contribution in [0.1, 0.15) is 31.1 Å². The summed E-state index contributed by atoms with van der Waals surface area (Å²) in [4.78, 5) is 0. The van der Waals surface area contributed by atoms with Crippen LogP contribution in [0.25, 0.3) is 0 Å². The zero-order valence-corrected chi connectivity index (χ0v) is 11.7. The van der Waals surface area contributed by atoms with Crippen LogP contribution in [0, 0.1) is 5.41 Å². The number of halogens is 6. The minimum absolute atomic E-state index is 0.230. The molecule has 0 spiro atoms. The van der Waals surface area contributed by atoms with Crippen molar-refractivity contribution in [2.45, 2.75) is 44.5 Å². The molecule has 1 saturated heterocycles. The van der Waals surface area contributed by atoms with E-state index < -0.39 is 29.5 Å². The molecule has 1 aliphatic heterocycles. The van der Waals surface area contributed by atoms with Crippen LogP contribution in [-0.2, 0) is 11.3 Å². The fourth-order valence-corrected chi connectivity index (χ4v) is 2.99. The predicted molar refractivity (Wildman–Crippen MR) is 64.8 cm³/mol. The van der Waals surface area contributed by atoms with Crippen molar-refractivity contribution in [2.75, 3.05) is 0 Å². The van der Waals surface area contributed by atoms with Crippen LogP contribution in [0.5, 0.6) is 0 Å². The lowest BCUT2D eigenvalue weighted by Gasteiger charge is -2.61. The van der Waals surface area contributed by atoms with Crippen molar-refractivity contribution in [1.29, 1.82) is 0 Å². The van der Waals surface area contributed by atoms with Crippen LogP contribution in [0.3, 0.4) is 0 Å². The van der Waals surface area contributed by atoms with Crippen molar-refractivity contribution in [1.82, 2.24) is 0 Å². The van der Waals surface area contributed by atoms with Gasteiger partial charge in [0.2, 0.25) is 5.41 Å². The Morgan fingerprint density at radius 2 is 1.45 bits per heavy atom. The summed E-state index contributed by atoms with van der Waals surface area (Å²) >= 11 is 0. The highest BCUT2D eigenvalue weighted by molar-refractivity contribution is 5.31. The van der Waals surface area contributed by atoms with Gasteiger partial charge in [0, 0.05) is 0 Å². The number of aliphatic hydroxyl groups is 1. The molecule has 1 aromatic carbocycles. The number of rotatable bonds is 2. The number of aliphatic hydroxyl groups excluding tert-OH is 1. The Labute approximate surface area is 122 Å². The lowest BCUT2D eigenvalue weighted by atomic mass is 9.61. The van der Waals surface area contributed by atoms with Gasteiger partial charge in [-0.05, 0) is 25.0 Å². The minimum atomic E-state index is -5.52. The highest BCUT2D eigenvalue weighted by atomic mass is 19.4. The third kappa shape index (κ3) is 2.11. The third-order valence-electron chi connectivity index (χ3n) is 4.11. The second-order valence-electron chi connectivity index (χ2n) is 5.71. The van der Waals surface area contributed by atoms with E-state index in [1.54, 1.807) is 0 Å². The maximum Gasteiger partial charge on any atom is 0.408 e. The molecule has 1 aromatic rings. The molecule has 1 heterocycles. The highest BCUT2D eigenvalue weighted by Gasteiger charge is 2.87. The van der Waals surface area contributed by atoms with E-state index in [0.717, 1.165) is 26.0 Å². The first-order valence-electron chi connectivity index (χ1n) is 6.39. The minimum Gasteiger partial charge on any atom is -0.392 e. The van der Waals surface area contributed by atoms with Crippen molar-refractivity contribution in [3.63, 3.8) is 0 Å². The summed E-state index contributed by atoms with van der Waals surface area (Å²) in [6.07, 6.45) is -13.2. The Balaban J connectivity index is 2.56. The Hall–Kier alpha value is -1.28. The van der Waals surface area contributed by atoms with E-state index in [0.29, 0.717) is 5.56 Å². The molecule has 0 saturated carbocycles. The topological polar surface area (TPSA) is 29.5 Å². The number of benzene rings is 1.